The Morgan fingerprint density at radius 3 is 1.78 bits per heavy atom. The molecule has 0 saturated carbocycles. The molecule has 4 nitrogen and oxygen atoms in total. The highest BCUT2D eigenvalue weighted by Gasteiger charge is 2.32. The summed E-state index contributed by atoms with van der Waals surface area (Å²) >= 11 is 0. The van der Waals surface area contributed by atoms with Crippen LogP contribution in [0.25, 0.3) is 4.91 Å². The van der Waals surface area contributed by atoms with Crippen LogP contribution in [0.1, 0.15) is 32.6 Å². The summed E-state index contributed by atoms with van der Waals surface area (Å²) in [6, 6.07) is 35.2. The van der Waals surface area contributed by atoms with Crippen LogP contribution in [0.15, 0.2) is 122 Å². The molecule has 0 heterocycles. The van der Waals surface area contributed by atoms with Crippen LogP contribution < -0.4 is 4.72 Å². The number of Topliss-reactive ketones (excluding diaryl/α,β-unsaturated/α-hetero) is 1. The topological polar surface area (TPSA) is 70.0 Å². The van der Waals surface area contributed by atoms with Gasteiger partial charge in [0.1, 0.15) is 15.4 Å². The SMILES string of the molecule is C=C=S(=O)(Nc1ccc(C(P)(c2ccccc2)c2ccccc2)cc1)C1=CC(=N)C(=O)c2ccccc21. The Hall–Kier alpha value is -4.01. The molecule has 2 unspecified atom stereocenters. The van der Waals surface area contributed by atoms with Gasteiger partial charge in [0.15, 0.2) is 0 Å². The Morgan fingerprint density at radius 1 is 0.757 bits per heavy atom. The van der Waals surface area contributed by atoms with Crippen LogP contribution in [-0.4, -0.2) is 20.7 Å². The summed E-state index contributed by atoms with van der Waals surface area (Å²) in [5.74, 6) is -0.395. The lowest BCUT2D eigenvalue weighted by atomic mass is 9.84. The van der Waals surface area contributed by atoms with Gasteiger partial charge in [-0.2, -0.15) is 0 Å². The van der Waals surface area contributed by atoms with Gasteiger partial charge in [-0.1, -0.05) is 97.1 Å². The molecule has 4 aromatic rings. The van der Waals surface area contributed by atoms with Crippen molar-refractivity contribution >= 4 is 46.1 Å². The van der Waals surface area contributed by atoms with Crippen LogP contribution in [0.4, 0.5) is 5.69 Å². The van der Waals surface area contributed by atoms with Crippen LogP contribution >= 0.6 is 9.24 Å². The number of ketones is 1. The molecule has 182 valence electrons. The Balaban J connectivity index is 1.54. The van der Waals surface area contributed by atoms with E-state index in [0.29, 0.717) is 21.7 Å². The van der Waals surface area contributed by atoms with Crippen LogP contribution in [0.2, 0.25) is 0 Å². The van der Waals surface area contributed by atoms with Crippen molar-refractivity contribution in [2.24, 2.45) is 0 Å². The molecule has 37 heavy (non-hydrogen) atoms. The highest BCUT2D eigenvalue weighted by Crippen LogP contribution is 2.45. The van der Waals surface area contributed by atoms with E-state index in [0.717, 1.165) is 16.7 Å². The standard InChI is InChI=1S/C31H25N2O2PS/c1-2-37(35,29-21-28(32)30(34)27-16-10-9-15-26(27)29)33-25-19-17-24(18-20-25)31(36,22-11-5-3-6-12-22)23-13-7-4-8-14-23/h3-21,32H,1,36H2,(H,33,35). The van der Waals surface area contributed by atoms with Crippen molar-refractivity contribution in [2.75, 3.05) is 4.72 Å². The predicted molar refractivity (Wildman–Crippen MR) is 158 cm³/mol. The first-order valence-corrected chi connectivity index (χ1v) is 13.8. The van der Waals surface area contributed by atoms with Crippen LogP contribution in [0.3, 0.4) is 0 Å². The highest BCUT2D eigenvalue weighted by molar-refractivity contribution is 8.10. The molecule has 5 rings (SSSR count). The van der Waals surface area contributed by atoms with Crippen molar-refractivity contribution in [1.82, 2.24) is 0 Å². The zero-order chi connectivity index (χ0) is 26.0. The monoisotopic (exact) mass is 520 g/mol. The number of nitrogens with one attached hydrogen (secondary N) is 2. The van der Waals surface area contributed by atoms with Gasteiger partial charge >= 0.3 is 0 Å². The number of carbonyl (C=O) groups excluding carboxylic acids is 1. The Kier molecular flexibility index (Phi) is 6.54. The lowest BCUT2D eigenvalue weighted by Crippen LogP contribution is -2.24. The van der Waals surface area contributed by atoms with Crippen LogP contribution in [0, 0.1) is 5.41 Å². The first-order chi connectivity index (χ1) is 17.9. The number of rotatable bonds is 6. The van der Waals surface area contributed by atoms with Crippen LogP contribution in [0.5, 0.6) is 0 Å². The average molecular weight is 521 g/mol. The molecule has 0 fully saturated rings. The van der Waals surface area contributed by atoms with E-state index < -0.39 is 20.6 Å². The number of carbonyl (C=O) groups is 1. The van der Waals surface area contributed by atoms with Crippen molar-refractivity contribution in [3.63, 3.8) is 0 Å². The third-order valence-corrected chi connectivity index (χ3v) is 9.42. The second kappa shape index (κ2) is 9.80. The van der Waals surface area contributed by atoms with Crippen molar-refractivity contribution in [3.8, 4) is 0 Å². The third-order valence-electron chi connectivity index (χ3n) is 6.53. The normalized spacial score (nSPS) is 14.7. The number of hydrogen-bond acceptors (Lipinski definition) is 3. The second-order valence-electron chi connectivity index (χ2n) is 8.72. The molecule has 1 aliphatic rings. The van der Waals surface area contributed by atoms with Gasteiger partial charge in [0.25, 0.3) is 0 Å². The minimum Gasteiger partial charge on any atom is -0.303 e. The summed E-state index contributed by atoms with van der Waals surface area (Å²) in [5.41, 5.74) is 4.57. The molecular formula is C31H25N2O2PS. The molecule has 0 spiro atoms. The number of hydrogen-bond donors (Lipinski definition) is 2. The summed E-state index contributed by atoms with van der Waals surface area (Å²) in [4.78, 5) is 12.8. The van der Waals surface area contributed by atoms with Gasteiger partial charge in [0.2, 0.25) is 5.78 Å². The molecule has 0 radical (unpaired) electrons. The second-order valence-corrected chi connectivity index (χ2v) is 11.6. The van der Waals surface area contributed by atoms with Gasteiger partial charge in [-0.15, -0.1) is 9.24 Å². The maximum atomic E-state index is 14.1. The Labute approximate surface area is 219 Å². The largest absolute Gasteiger partial charge is 0.303 e. The zero-order valence-corrected chi connectivity index (χ0v) is 22.0. The summed E-state index contributed by atoms with van der Waals surface area (Å²) in [6.07, 6.45) is 1.35. The van der Waals surface area contributed by atoms with E-state index >= 15 is 0 Å². The van der Waals surface area contributed by atoms with Gasteiger partial charge in [-0.3, -0.25) is 10.2 Å². The summed E-state index contributed by atoms with van der Waals surface area (Å²) in [5, 5.41) is 10.3. The van der Waals surface area contributed by atoms with E-state index in [2.05, 4.69) is 49.8 Å². The maximum absolute atomic E-state index is 14.1. The highest BCUT2D eigenvalue weighted by atomic mass is 32.2. The maximum Gasteiger partial charge on any atom is 0.211 e. The predicted octanol–water partition coefficient (Wildman–Crippen LogP) is 6.31. The fourth-order valence-electron chi connectivity index (χ4n) is 4.59. The Morgan fingerprint density at radius 2 is 1.24 bits per heavy atom. The minimum atomic E-state index is -3.15. The molecule has 6 heteroatoms. The molecular weight excluding hydrogens is 495 g/mol. The average Bonchev–Trinajstić information content (AvgIpc) is 2.96. The van der Waals surface area contributed by atoms with Gasteiger partial charge < -0.3 is 4.72 Å². The number of allylic oxidation sites excluding steroid dienone is 1. The van der Waals surface area contributed by atoms with Crippen LogP contribution in [-0.2, 0) is 14.9 Å². The van der Waals surface area contributed by atoms with Crippen molar-refractivity contribution in [2.45, 2.75) is 5.16 Å². The summed E-state index contributed by atoms with van der Waals surface area (Å²) in [7, 11) is -0.134. The number of fused-ring (bicyclic) bond motifs is 1. The van der Waals surface area contributed by atoms with E-state index in [1.807, 2.05) is 60.7 Å². The number of anilines is 1. The first kappa shape index (κ1) is 24.7. The molecule has 1 aliphatic carbocycles. The van der Waals surface area contributed by atoms with E-state index in [4.69, 9.17) is 5.41 Å². The molecule has 0 bridgehead atoms. The summed E-state index contributed by atoms with van der Waals surface area (Å²) in [6.45, 7) is 3.69. The third kappa shape index (κ3) is 4.39. The number of benzene rings is 4. The molecule has 4 aromatic carbocycles. The van der Waals surface area contributed by atoms with E-state index in [-0.39, 0.29) is 5.71 Å². The van der Waals surface area contributed by atoms with Gasteiger partial charge in [-0.05, 0) is 46.5 Å². The Bertz CT molecular complexity index is 1640. The van der Waals surface area contributed by atoms with Gasteiger partial charge in [0.05, 0.1) is 10.1 Å². The fourth-order valence-corrected chi connectivity index (χ4v) is 6.75. The fraction of sp³-hybridized carbons (Fsp3) is 0.0323. The van der Waals surface area contributed by atoms with Crippen molar-refractivity contribution in [1.29, 1.82) is 5.41 Å². The molecule has 0 saturated heterocycles. The molecule has 2 atom stereocenters. The van der Waals surface area contributed by atoms with Gasteiger partial charge in [-0.25, -0.2) is 4.21 Å². The molecule has 0 amide bonds. The minimum absolute atomic E-state index is 0.215. The quantitative estimate of drug-likeness (QED) is 0.178. The summed E-state index contributed by atoms with van der Waals surface area (Å²) < 4.78 is 17.1. The first-order valence-electron chi connectivity index (χ1n) is 11.7. The van der Waals surface area contributed by atoms with E-state index in [1.165, 1.54) is 6.08 Å². The van der Waals surface area contributed by atoms with Crippen molar-refractivity contribution in [3.05, 3.63) is 150 Å². The lowest BCUT2D eigenvalue weighted by molar-refractivity contribution is 0.106. The van der Waals surface area contributed by atoms with Crippen molar-refractivity contribution < 1.29 is 9.00 Å². The van der Waals surface area contributed by atoms with E-state index in [9.17, 15) is 9.00 Å². The molecule has 0 aromatic heterocycles. The smallest absolute Gasteiger partial charge is 0.211 e. The van der Waals surface area contributed by atoms with Gasteiger partial charge in [0, 0.05) is 16.8 Å². The lowest BCUT2D eigenvalue weighted by Gasteiger charge is -2.32. The molecule has 0 aliphatic heterocycles. The molecule has 2 N–H and O–H groups in total. The zero-order valence-electron chi connectivity index (χ0n) is 20.0. The van der Waals surface area contributed by atoms with E-state index in [1.54, 1.807) is 24.3 Å².